The summed E-state index contributed by atoms with van der Waals surface area (Å²) in [6.45, 7) is 1.69. The number of hydrogen-bond acceptors (Lipinski definition) is 4. The summed E-state index contributed by atoms with van der Waals surface area (Å²) in [7, 11) is 0. The lowest BCUT2D eigenvalue weighted by atomic mass is 9.95. The van der Waals surface area contributed by atoms with Gasteiger partial charge in [0.25, 0.3) is 0 Å². The van der Waals surface area contributed by atoms with E-state index >= 15 is 0 Å². The number of halogens is 1. The van der Waals surface area contributed by atoms with Crippen molar-refractivity contribution in [2.45, 2.75) is 31.7 Å². The van der Waals surface area contributed by atoms with Crippen molar-refractivity contribution >= 4 is 23.2 Å². The number of nitrogens with one attached hydrogen (secondary N) is 1. The molecule has 3 heterocycles. The van der Waals surface area contributed by atoms with Crippen molar-refractivity contribution in [2.75, 3.05) is 18.0 Å². The highest BCUT2D eigenvalue weighted by molar-refractivity contribution is 6.30. The summed E-state index contributed by atoms with van der Waals surface area (Å²) in [4.78, 5) is 18.7. The summed E-state index contributed by atoms with van der Waals surface area (Å²) in [5.41, 5.74) is 1.98. The van der Waals surface area contributed by atoms with E-state index in [1.54, 1.807) is 23.3 Å². The molecule has 7 heteroatoms. The molecule has 0 unspecified atom stereocenters. The van der Waals surface area contributed by atoms with Crippen LogP contribution in [0.2, 0.25) is 5.02 Å². The molecule has 1 aliphatic heterocycles. The molecule has 1 N–H and O–H groups in total. The van der Waals surface area contributed by atoms with Crippen LogP contribution in [0, 0.1) is 5.92 Å². The van der Waals surface area contributed by atoms with E-state index in [9.17, 15) is 4.79 Å². The van der Waals surface area contributed by atoms with Gasteiger partial charge < -0.3 is 10.2 Å². The third kappa shape index (κ3) is 3.24. The Morgan fingerprint density at radius 1 is 1.17 bits per heavy atom. The first kappa shape index (κ1) is 15.4. The number of carbonyl (C=O) groups is 1. The van der Waals surface area contributed by atoms with Gasteiger partial charge >= 0.3 is 0 Å². The number of aromatic nitrogens is 3. The molecule has 0 spiro atoms. The van der Waals surface area contributed by atoms with Crippen LogP contribution in [0.25, 0.3) is 5.69 Å². The highest BCUT2D eigenvalue weighted by Crippen LogP contribution is 2.29. The number of amides is 1. The zero-order valence-electron chi connectivity index (χ0n) is 13.4. The van der Waals surface area contributed by atoms with Gasteiger partial charge in [-0.25, -0.2) is 4.68 Å². The monoisotopic (exact) mass is 345 g/mol. The fourth-order valence-electron chi connectivity index (χ4n) is 3.18. The molecule has 1 saturated carbocycles. The van der Waals surface area contributed by atoms with Gasteiger partial charge in [0.05, 0.1) is 28.8 Å². The molecule has 4 rings (SSSR count). The Bertz CT molecular complexity index is 734. The van der Waals surface area contributed by atoms with Crippen molar-refractivity contribution in [1.29, 1.82) is 0 Å². The van der Waals surface area contributed by atoms with Gasteiger partial charge in [-0.1, -0.05) is 11.6 Å². The first-order valence-electron chi connectivity index (χ1n) is 8.40. The zero-order valence-corrected chi connectivity index (χ0v) is 14.1. The second-order valence-electron chi connectivity index (χ2n) is 6.51. The molecule has 6 nitrogen and oxygen atoms in total. The lowest BCUT2D eigenvalue weighted by Gasteiger charge is -2.33. The number of anilines is 1. The largest absolute Gasteiger partial charge is 0.368 e. The van der Waals surface area contributed by atoms with Gasteiger partial charge in [-0.3, -0.25) is 9.78 Å². The van der Waals surface area contributed by atoms with Crippen LogP contribution >= 0.6 is 11.6 Å². The van der Waals surface area contributed by atoms with Crippen LogP contribution in [0.15, 0.2) is 30.9 Å². The molecule has 2 aromatic heterocycles. The second-order valence-corrected chi connectivity index (χ2v) is 6.95. The minimum atomic E-state index is 0.126. The second kappa shape index (κ2) is 6.43. The maximum Gasteiger partial charge on any atom is 0.223 e. The van der Waals surface area contributed by atoms with Crippen LogP contribution < -0.4 is 10.2 Å². The van der Waals surface area contributed by atoms with E-state index in [0.29, 0.717) is 11.1 Å². The molecule has 0 atom stereocenters. The molecule has 126 valence electrons. The maximum atomic E-state index is 12.2. The minimum absolute atomic E-state index is 0.126. The van der Waals surface area contributed by atoms with E-state index in [0.717, 1.165) is 50.1 Å². The predicted octanol–water partition coefficient (Wildman–Crippen LogP) is 2.42. The van der Waals surface area contributed by atoms with E-state index < -0.39 is 0 Å². The van der Waals surface area contributed by atoms with Crippen molar-refractivity contribution in [3.05, 3.63) is 35.9 Å². The fraction of sp³-hybridized carbons (Fsp3) is 0.471. The van der Waals surface area contributed by atoms with Crippen molar-refractivity contribution in [2.24, 2.45) is 5.92 Å². The van der Waals surface area contributed by atoms with Gasteiger partial charge in [0, 0.05) is 37.4 Å². The van der Waals surface area contributed by atoms with Crippen molar-refractivity contribution in [1.82, 2.24) is 20.1 Å². The molecule has 0 radical (unpaired) electrons. The van der Waals surface area contributed by atoms with E-state index in [2.05, 4.69) is 20.3 Å². The molecule has 2 fully saturated rings. The van der Waals surface area contributed by atoms with Gasteiger partial charge in [0.1, 0.15) is 0 Å². The van der Waals surface area contributed by atoms with Crippen LogP contribution in [0.4, 0.5) is 5.69 Å². The summed E-state index contributed by atoms with van der Waals surface area (Å²) >= 11 is 5.99. The summed E-state index contributed by atoms with van der Waals surface area (Å²) < 4.78 is 1.77. The van der Waals surface area contributed by atoms with Crippen LogP contribution in [0.5, 0.6) is 0 Å². The maximum absolute atomic E-state index is 12.2. The molecule has 1 saturated heterocycles. The Hall–Kier alpha value is -2.08. The van der Waals surface area contributed by atoms with E-state index in [-0.39, 0.29) is 11.8 Å². The van der Waals surface area contributed by atoms with Crippen LogP contribution in [0.3, 0.4) is 0 Å². The van der Waals surface area contributed by atoms with Crippen LogP contribution in [-0.4, -0.2) is 39.8 Å². The Morgan fingerprint density at radius 3 is 2.62 bits per heavy atom. The Labute approximate surface area is 145 Å². The number of piperidine rings is 1. The average molecular weight is 346 g/mol. The van der Waals surface area contributed by atoms with Gasteiger partial charge in [0.15, 0.2) is 0 Å². The first-order chi connectivity index (χ1) is 11.7. The Balaban J connectivity index is 1.46. The number of rotatable bonds is 4. The lowest BCUT2D eigenvalue weighted by Crippen LogP contribution is -2.41. The van der Waals surface area contributed by atoms with Crippen molar-refractivity contribution in [3.8, 4) is 5.69 Å². The summed E-state index contributed by atoms with van der Waals surface area (Å²) in [5, 5.41) is 8.01. The average Bonchev–Trinajstić information content (AvgIpc) is 3.32. The normalized spacial score (nSPS) is 18.6. The summed E-state index contributed by atoms with van der Waals surface area (Å²) in [6.07, 6.45) is 11.0. The third-order valence-electron chi connectivity index (χ3n) is 4.71. The Kier molecular flexibility index (Phi) is 4.14. The number of pyridine rings is 1. The molecule has 24 heavy (non-hydrogen) atoms. The predicted molar refractivity (Wildman–Crippen MR) is 92.5 cm³/mol. The van der Waals surface area contributed by atoms with E-state index in [4.69, 9.17) is 11.6 Å². The molecule has 2 aromatic rings. The van der Waals surface area contributed by atoms with Gasteiger partial charge in [-0.15, -0.1) is 0 Å². The van der Waals surface area contributed by atoms with E-state index in [1.165, 1.54) is 0 Å². The summed E-state index contributed by atoms with van der Waals surface area (Å²) in [6, 6.07) is 2.37. The SMILES string of the molecule is O=C(NC1CC1)C1CCN(c2cnccc2-n2cc(Cl)cn2)CC1. The zero-order chi connectivity index (χ0) is 16.5. The standard InChI is InChI=1S/C17H20ClN5O/c18-13-9-20-23(11-13)15-3-6-19-10-16(15)22-7-4-12(5-8-22)17(24)21-14-1-2-14/h3,6,9-12,14H,1-2,4-5,7-8H2,(H,21,24). The molecule has 2 aliphatic rings. The minimum Gasteiger partial charge on any atom is -0.368 e. The first-order valence-corrected chi connectivity index (χ1v) is 8.78. The summed E-state index contributed by atoms with van der Waals surface area (Å²) in [5.74, 6) is 0.350. The van der Waals surface area contributed by atoms with Crippen LogP contribution in [-0.2, 0) is 4.79 Å². The molecular weight excluding hydrogens is 326 g/mol. The van der Waals surface area contributed by atoms with Crippen LogP contribution in [0.1, 0.15) is 25.7 Å². The van der Waals surface area contributed by atoms with Gasteiger partial charge in [-0.05, 0) is 31.7 Å². The van der Waals surface area contributed by atoms with E-state index in [1.807, 2.05) is 12.3 Å². The quantitative estimate of drug-likeness (QED) is 0.924. The van der Waals surface area contributed by atoms with Crippen molar-refractivity contribution < 1.29 is 4.79 Å². The molecule has 0 bridgehead atoms. The van der Waals surface area contributed by atoms with Crippen molar-refractivity contribution in [3.63, 3.8) is 0 Å². The lowest BCUT2D eigenvalue weighted by molar-refractivity contribution is -0.125. The highest BCUT2D eigenvalue weighted by Gasteiger charge is 2.30. The molecule has 1 amide bonds. The molecular formula is C17H20ClN5O. The fourth-order valence-corrected chi connectivity index (χ4v) is 3.31. The highest BCUT2D eigenvalue weighted by atomic mass is 35.5. The smallest absolute Gasteiger partial charge is 0.223 e. The third-order valence-corrected chi connectivity index (χ3v) is 4.90. The number of nitrogens with zero attached hydrogens (tertiary/aromatic N) is 4. The Morgan fingerprint density at radius 2 is 1.96 bits per heavy atom. The molecule has 0 aromatic carbocycles. The topological polar surface area (TPSA) is 63.1 Å². The molecule has 1 aliphatic carbocycles. The van der Waals surface area contributed by atoms with Gasteiger partial charge in [-0.2, -0.15) is 5.10 Å². The van der Waals surface area contributed by atoms with Gasteiger partial charge in [0.2, 0.25) is 5.91 Å². The number of carbonyl (C=O) groups excluding carboxylic acids is 1. The number of hydrogen-bond donors (Lipinski definition) is 1.